The number of imide groups is 1. The van der Waals surface area contributed by atoms with Gasteiger partial charge in [0.05, 0.1) is 6.42 Å². The second kappa shape index (κ2) is 9.61. The lowest BCUT2D eigenvalue weighted by molar-refractivity contribution is -0.152. The molecule has 0 aromatic heterocycles. The number of likely N-dealkylation sites (tertiary alicyclic amines) is 1. The van der Waals surface area contributed by atoms with Crippen LogP contribution in [0.5, 0.6) is 5.75 Å². The molecule has 1 fully saturated rings. The number of carbonyl (C=O) groups is 4. The van der Waals surface area contributed by atoms with E-state index in [4.69, 9.17) is 9.47 Å². The standard InChI is InChI=1S/C21H20N2O6/c24-18(13-28-14-21(27)29-17-4-2-1-3-5-17)22-16-8-6-15(7-9-16)12-20(26)23-11-10-19(23)25/h1-9H,10-14H2,(H,22,24). The monoisotopic (exact) mass is 396 g/mol. The van der Waals surface area contributed by atoms with Gasteiger partial charge in [0.2, 0.25) is 17.7 Å². The Bertz CT molecular complexity index is 895. The van der Waals surface area contributed by atoms with Crippen LogP contribution in [0.25, 0.3) is 0 Å². The van der Waals surface area contributed by atoms with E-state index in [1.54, 1.807) is 54.6 Å². The molecule has 1 aliphatic heterocycles. The van der Waals surface area contributed by atoms with Crippen LogP contribution < -0.4 is 10.1 Å². The van der Waals surface area contributed by atoms with E-state index in [0.717, 1.165) is 5.56 Å². The number of ether oxygens (including phenoxy) is 2. The van der Waals surface area contributed by atoms with E-state index in [9.17, 15) is 19.2 Å². The zero-order chi connectivity index (χ0) is 20.6. The van der Waals surface area contributed by atoms with E-state index < -0.39 is 11.9 Å². The van der Waals surface area contributed by atoms with Gasteiger partial charge in [-0.2, -0.15) is 0 Å². The molecule has 1 aliphatic rings. The predicted molar refractivity (Wildman–Crippen MR) is 103 cm³/mol. The van der Waals surface area contributed by atoms with E-state index in [0.29, 0.717) is 24.4 Å². The molecule has 3 rings (SSSR count). The van der Waals surface area contributed by atoms with Crippen molar-refractivity contribution in [2.45, 2.75) is 12.8 Å². The summed E-state index contributed by atoms with van der Waals surface area (Å²) in [5, 5.41) is 2.63. The third-order valence-corrected chi connectivity index (χ3v) is 4.17. The first kappa shape index (κ1) is 20.2. The maximum absolute atomic E-state index is 11.9. The van der Waals surface area contributed by atoms with Crippen LogP contribution in [0, 0.1) is 0 Å². The third-order valence-electron chi connectivity index (χ3n) is 4.17. The van der Waals surface area contributed by atoms with Gasteiger partial charge >= 0.3 is 5.97 Å². The SMILES string of the molecule is O=C(COCC(=O)Oc1ccccc1)Nc1ccc(CC(=O)N2CCC2=O)cc1. The van der Waals surface area contributed by atoms with Crippen LogP contribution in [0.4, 0.5) is 5.69 Å². The lowest BCUT2D eigenvalue weighted by Crippen LogP contribution is -2.48. The van der Waals surface area contributed by atoms with Gasteiger partial charge in [-0.1, -0.05) is 30.3 Å². The van der Waals surface area contributed by atoms with Gasteiger partial charge < -0.3 is 14.8 Å². The highest BCUT2D eigenvalue weighted by Crippen LogP contribution is 2.14. The second-order valence-electron chi connectivity index (χ2n) is 6.39. The number of nitrogens with zero attached hydrogens (tertiary/aromatic N) is 1. The minimum atomic E-state index is -0.598. The highest BCUT2D eigenvalue weighted by Gasteiger charge is 2.29. The Labute approximate surface area is 167 Å². The normalized spacial score (nSPS) is 12.8. The Balaban J connectivity index is 1.37. The first-order valence-electron chi connectivity index (χ1n) is 9.07. The maximum Gasteiger partial charge on any atom is 0.337 e. The molecule has 150 valence electrons. The van der Waals surface area contributed by atoms with Crippen molar-refractivity contribution in [3.8, 4) is 5.75 Å². The average molecular weight is 396 g/mol. The number of rotatable bonds is 8. The van der Waals surface area contributed by atoms with Crippen molar-refractivity contribution in [3.05, 3.63) is 60.2 Å². The molecule has 8 heteroatoms. The summed E-state index contributed by atoms with van der Waals surface area (Å²) in [5.41, 5.74) is 1.27. The third kappa shape index (κ3) is 5.98. The quantitative estimate of drug-likeness (QED) is 0.413. The van der Waals surface area contributed by atoms with Gasteiger partial charge in [-0.3, -0.25) is 19.3 Å². The van der Waals surface area contributed by atoms with Crippen molar-refractivity contribution in [1.29, 1.82) is 0 Å². The van der Waals surface area contributed by atoms with Crippen LogP contribution in [-0.4, -0.2) is 48.3 Å². The molecule has 0 unspecified atom stereocenters. The number of anilines is 1. The topological polar surface area (TPSA) is 102 Å². The number of nitrogens with one attached hydrogen (secondary N) is 1. The number of hydrogen-bond donors (Lipinski definition) is 1. The molecular weight excluding hydrogens is 376 g/mol. The van der Waals surface area contributed by atoms with Gasteiger partial charge in [-0.15, -0.1) is 0 Å². The molecule has 29 heavy (non-hydrogen) atoms. The molecule has 1 N–H and O–H groups in total. The Morgan fingerprint density at radius 1 is 0.966 bits per heavy atom. The lowest BCUT2D eigenvalue weighted by atomic mass is 10.1. The number of amides is 3. The van der Waals surface area contributed by atoms with Crippen LogP contribution in [0.1, 0.15) is 12.0 Å². The largest absolute Gasteiger partial charge is 0.425 e. The molecule has 1 heterocycles. The first-order valence-corrected chi connectivity index (χ1v) is 9.07. The van der Waals surface area contributed by atoms with Gasteiger partial charge in [0.15, 0.2) is 0 Å². The molecule has 3 amide bonds. The highest BCUT2D eigenvalue weighted by molar-refractivity contribution is 6.00. The van der Waals surface area contributed by atoms with Gasteiger partial charge in [0.25, 0.3) is 0 Å². The summed E-state index contributed by atoms with van der Waals surface area (Å²) < 4.78 is 10.1. The van der Waals surface area contributed by atoms with Crippen molar-refractivity contribution in [3.63, 3.8) is 0 Å². The number of β-lactam (4-membered cyclic amide) rings is 1. The smallest absolute Gasteiger partial charge is 0.337 e. The molecule has 2 aromatic rings. The Morgan fingerprint density at radius 2 is 1.69 bits per heavy atom. The fourth-order valence-corrected chi connectivity index (χ4v) is 2.63. The molecule has 1 saturated heterocycles. The van der Waals surface area contributed by atoms with Crippen LogP contribution in [0.15, 0.2) is 54.6 Å². The van der Waals surface area contributed by atoms with Crippen LogP contribution >= 0.6 is 0 Å². The fraction of sp³-hybridized carbons (Fsp3) is 0.238. The molecule has 0 saturated carbocycles. The number of esters is 1. The van der Waals surface area contributed by atoms with Crippen LogP contribution in [0.3, 0.4) is 0 Å². The molecule has 0 aliphatic carbocycles. The van der Waals surface area contributed by atoms with E-state index >= 15 is 0 Å². The molecule has 0 radical (unpaired) electrons. The molecule has 0 atom stereocenters. The minimum absolute atomic E-state index is 0.132. The maximum atomic E-state index is 11.9. The summed E-state index contributed by atoms with van der Waals surface area (Å²) >= 11 is 0. The molecule has 2 aromatic carbocycles. The molecule has 8 nitrogen and oxygen atoms in total. The lowest BCUT2D eigenvalue weighted by Gasteiger charge is -2.28. The van der Waals surface area contributed by atoms with Gasteiger partial charge in [0, 0.05) is 18.7 Å². The zero-order valence-electron chi connectivity index (χ0n) is 15.6. The highest BCUT2D eigenvalue weighted by atomic mass is 16.6. The fourth-order valence-electron chi connectivity index (χ4n) is 2.63. The van der Waals surface area contributed by atoms with E-state index in [-0.39, 0.29) is 31.4 Å². The van der Waals surface area contributed by atoms with Crippen molar-refractivity contribution in [2.75, 3.05) is 25.1 Å². The molecular formula is C21H20N2O6. The van der Waals surface area contributed by atoms with E-state index in [2.05, 4.69) is 5.32 Å². The summed E-state index contributed by atoms with van der Waals surface area (Å²) in [7, 11) is 0. The van der Waals surface area contributed by atoms with E-state index in [1.807, 2.05) is 0 Å². The van der Waals surface area contributed by atoms with Crippen molar-refractivity contribution < 1.29 is 28.7 Å². The minimum Gasteiger partial charge on any atom is -0.425 e. The first-order chi connectivity index (χ1) is 14.0. The Kier molecular flexibility index (Phi) is 6.70. The van der Waals surface area contributed by atoms with Gasteiger partial charge in [-0.05, 0) is 29.8 Å². The summed E-state index contributed by atoms with van der Waals surface area (Å²) in [6.45, 7) is -0.176. The summed E-state index contributed by atoms with van der Waals surface area (Å²) in [6, 6.07) is 15.3. The summed E-state index contributed by atoms with van der Waals surface area (Å²) in [4.78, 5) is 48.0. The Hall–Kier alpha value is -3.52. The van der Waals surface area contributed by atoms with Crippen LogP contribution in [-0.2, 0) is 30.3 Å². The summed E-state index contributed by atoms with van der Waals surface area (Å²) in [5.74, 6) is -0.992. The van der Waals surface area contributed by atoms with Crippen molar-refractivity contribution in [1.82, 2.24) is 4.90 Å². The van der Waals surface area contributed by atoms with Crippen molar-refractivity contribution in [2.24, 2.45) is 0 Å². The summed E-state index contributed by atoms with van der Waals surface area (Å²) in [6.07, 6.45) is 0.551. The predicted octanol–water partition coefficient (Wildman–Crippen LogP) is 1.55. The number of hydrogen-bond acceptors (Lipinski definition) is 6. The van der Waals surface area contributed by atoms with E-state index in [1.165, 1.54) is 4.90 Å². The molecule has 0 spiro atoms. The van der Waals surface area contributed by atoms with Gasteiger partial charge in [0.1, 0.15) is 19.0 Å². The van der Waals surface area contributed by atoms with Crippen molar-refractivity contribution >= 4 is 29.4 Å². The van der Waals surface area contributed by atoms with Gasteiger partial charge in [-0.25, -0.2) is 4.79 Å². The average Bonchev–Trinajstić information content (AvgIpc) is 2.69. The number of para-hydroxylation sites is 1. The van der Waals surface area contributed by atoms with Crippen LogP contribution in [0.2, 0.25) is 0 Å². The second-order valence-corrected chi connectivity index (χ2v) is 6.39. The number of carbonyl (C=O) groups excluding carboxylic acids is 4. The Morgan fingerprint density at radius 3 is 2.31 bits per heavy atom. The number of benzene rings is 2. The zero-order valence-corrected chi connectivity index (χ0v) is 15.6. The molecule has 0 bridgehead atoms.